The Hall–Kier alpha value is -1.90. The summed E-state index contributed by atoms with van der Waals surface area (Å²) < 4.78 is 17.8. The molecule has 2 aromatic carbocycles. The number of carbonyl (C=O) groups is 1. The van der Waals surface area contributed by atoms with Crippen molar-refractivity contribution >= 4 is 22.6 Å². The minimum atomic E-state index is -1.90. The molecule has 0 radical (unpaired) electrons. The smallest absolute Gasteiger partial charge is 0.343 e. The van der Waals surface area contributed by atoms with Gasteiger partial charge in [-0.05, 0) is 87.5 Å². The Labute approximate surface area is 190 Å². The summed E-state index contributed by atoms with van der Waals surface area (Å²) in [5.74, 6) is 0.949. The van der Waals surface area contributed by atoms with Gasteiger partial charge in [-0.1, -0.05) is 32.4 Å². The van der Waals surface area contributed by atoms with E-state index in [1.807, 2.05) is 24.3 Å². The van der Waals surface area contributed by atoms with Gasteiger partial charge in [0.1, 0.15) is 11.5 Å². The standard InChI is InChI=1S/C25H38O4Si2/c1-8-10-19-27-22-15-17-23(18-16-22)28-25(26)21-13-11-20(12-14-21)24(9-2)31(6,7)29-30(3,4)5/h11-18,24H,8-10,19H2,1-7H3. The summed E-state index contributed by atoms with van der Waals surface area (Å²) in [5.41, 5.74) is 2.18. The van der Waals surface area contributed by atoms with Crippen LogP contribution in [-0.2, 0) is 4.12 Å². The zero-order chi connectivity index (χ0) is 23.1. The van der Waals surface area contributed by atoms with E-state index in [1.165, 1.54) is 5.56 Å². The van der Waals surface area contributed by atoms with E-state index >= 15 is 0 Å². The number of esters is 1. The van der Waals surface area contributed by atoms with Crippen LogP contribution in [0.3, 0.4) is 0 Å². The molecule has 0 heterocycles. The van der Waals surface area contributed by atoms with Crippen molar-refractivity contribution in [2.45, 2.75) is 71.4 Å². The van der Waals surface area contributed by atoms with Crippen LogP contribution in [0.25, 0.3) is 0 Å². The average Bonchev–Trinajstić information content (AvgIpc) is 2.68. The van der Waals surface area contributed by atoms with Crippen LogP contribution in [0, 0.1) is 0 Å². The van der Waals surface area contributed by atoms with Gasteiger partial charge in [-0.3, -0.25) is 0 Å². The SMILES string of the molecule is CCCCOc1ccc(OC(=O)c2ccc(C(CC)[Si](C)(C)O[Si](C)(C)C)cc2)cc1. The van der Waals surface area contributed by atoms with Crippen LogP contribution in [0.2, 0.25) is 32.7 Å². The van der Waals surface area contributed by atoms with Gasteiger partial charge in [0.25, 0.3) is 0 Å². The molecule has 0 saturated heterocycles. The second kappa shape index (κ2) is 11.1. The molecule has 0 aromatic heterocycles. The fraction of sp³-hybridized carbons (Fsp3) is 0.480. The summed E-state index contributed by atoms with van der Waals surface area (Å²) in [6.45, 7) is 16.4. The highest BCUT2D eigenvalue weighted by molar-refractivity contribution is 6.84. The maximum atomic E-state index is 12.6. The first kappa shape index (κ1) is 25.4. The van der Waals surface area contributed by atoms with Gasteiger partial charge in [-0.15, -0.1) is 0 Å². The zero-order valence-corrected chi connectivity index (χ0v) is 22.2. The lowest BCUT2D eigenvalue weighted by molar-refractivity contribution is 0.0734. The van der Waals surface area contributed by atoms with Crippen LogP contribution in [0.5, 0.6) is 11.5 Å². The predicted molar refractivity (Wildman–Crippen MR) is 133 cm³/mol. The first-order valence-electron chi connectivity index (χ1n) is 11.3. The normalized spacial score (nSPS) is 13.0. The molecule has 0 aliphatic carbocycles. The third kappa shape index (κ3) is 7.94. The van der Waals surface area contributed by atoms with Crippen molar-refractivity contribution < 1.29 is 18.4 Å². The molecular formula is C25H38O4Si2. The summed E-state index contributed by atoms with van der Waals surface area (Å²) in [6, 6.07) is 15.0. The van der Waals surface area contributed by atoms with E-state index in [1.54, 1.807) is 12.1 Å². The van der Waals surface area contributed by atoms with Gasteiger partial charge in [-0.2, -0.15) is 0 Å². The minimum absolute atomic E-state index is 0.353. The van der Waals surface area contributed by atoms with Crippen molar-refractivity contribution in [1.29, 1.82) is 0 Å². The van der Waals surface area contributed by atoms with Crippen molar-refractivity contribution in [3.05, 3.63) is 59.7 Å². The minimum Gasteiger partial charge on any atom is -0.494 e. The molecule has 4 nitrogen and oxygen atoms in total. The summed E-state index contributed by atoms with van der Waals surface area (Å²) in [5, 5.41) is 0. The Morgan fingerprint density at radius 3 is 1.97 bits per heavy atom. The Kier molecular flexibility index (Phi) is 9.09. The van der Waals surface area contributed by atoms with Gasteiger partial charge in [0.15, 0.2) is 16.6 Å². The number of ether oxygens (including phenoxy) is 2. The highest BCUT2D eigenvalue weighted by Gasteiger charge is 2.37. The van der Waals surface area contributed by atoms with E-state index in [2.05, 4.69) is 58.7 Å². The monoisotopic (exact) mass is 458 g/mol. The van der Waals surface area contributed by atoms with Crippen molar-refractivity contribution in [1.82, 2.24) is 0 Å². The lowest BCUT2D eigenvalue weighted by Gasteiger charge is -2.37. The molecule has 2 rings (SSSR count). The van der Waals surface area contributed by atoms with E-state index < -0.39 is 16.6 Å². The van der Waals surface area contributed by atoms with Gasteiger partial charge < -0.3 is 13.6 Å². The molecule has 1 unspecified atom stereocenters. The molecule has 170 valence electrons. The van der Waals surface area contributed by atoms with Crippen molar-refractivity contribution in [2.24, 2.45) is 0 Å². The molecule has 0 N–H and O–H groups in total. The van der Waals surface area contributed by atoms with Crippen molar-refractivity contribution in [3.63, 3.8) is 0 Å². The summed E-state index contributed by atoms with van der Waals surface area (Å²) in [7, 11) is -3.51. The zero-order valence-electron chi connectivity index (χ0n) is 20.2. The molecule has 0 saturated carbocycles. The van der Waals surface area contributed by atoms with Gasteiger partial charge >= 0.3 is 5.97 Å². The number of hydrogen-bond donors (Lipinski definition) is 0. The highest BCUT2D eigenvalue weighted by Crippen LogP contribution is 2.33. The topological polar surface area (TPSA) is 44.8 Å². The Morgan fingerprint density at radius 1 is 0.871 bits per heavy atom. The first-order valence-corrected chi connectivity index (χ1v) is 17.7. The number of rotatable bonds is 11. The Bertz CT molecular complexity index is 824. The average molecular weight is 459 g/mol. The summed E-state index contributed by atoms with van der Waals surface area (Å²) >= 11 is 0. The van der Waals surface area contributed by atoms with Crippen LogP contribution >= 0.6 is 0 Å². The molecule has 0 aliphatic heterocycles. The van der Waals surface area contributed by atoms with Crippen LogP contribution in [0.4, 0.5) is 0 Å². The molecular weight excluding hydrogens is 420 g/mol. The van der Waals surface area contributed by atoms with Gasteiger partial charge in [0.2, 0.25) is 0 Å². The Balaban J connectivity index is 2.04. The molecule has 0 spiro atoms. The van der Waals surface area contributed by atoms with E-state index in [0.717, 1.165) is 25.0 Å². The molecule has 2 aromatic rings. The third-order valence-corrected chi connectivity index (χ3v) is 12.1. The van der Waals surface area contributed by atoms with Crippen LogP contribution in [-0.4, -0.2) is 29.2 Å². The summed E-state index contributed by atoms with van der Waals surface area (Å²) in [4.78, 5) is 12.6. The molecule has 0 amide bonds. The van der Waals surface area contributed by atoms with E-state index in [4.69, 9.17) is 13.6 Å². The molecule has 31 heavy (non-hydrogen) atoms. The Morgan fingerprint density at radius 2 is 1.45 bits per heavy atom. The lowest BCUT2D eigenvalue weighted by atomic mass is 10.1. The molecule has 1 atom stereocenters. The summed E-state index contributed by atoms with van der Waals surface area (Å²) in [6.07, 6.45) is 3.15. The van der Waals surface area contributed by atoms with Crippen molar-refractivity contribution in [3.8, 4) is 11.5 Å². The number of hydrogen-bond acceptors (Lipinski definition) is 4. The van der Waals surface area contributed by atoms with E-state index in [9.17, 15) is 4.79 Å². The molecule has 0 fully saturated rings. The fourth-order valence-corrected chi connectivity index (χ4v) is 12.8. The first-order chi connectivity index (χ1) is 14.6. The maximum absolute atomic E-state index is 12.6. The van der Waals surface area contributed by atoms with E-state index in [-0.39, 0.29) is 5.97 Å². The molecule has 0 aliphatic rings. The van der Waals surface area contributed by atoms with Gasteiger partial charge in [0, 0.05) is 5.54 Å². The fourth-order valence-electron chi connectivity index (χ4n) is 3.94. The number of carbonyl (C=O) groups excluding carboxylic acids is 1. The third-order valence-electron chi connectivity index (χ3n) is 5.17. The predicted octanol–water partition coefficient (Wildman–Crippen LogP) is 7.17. The van der Waals surface area contributed by atoms with Crippen LogP contribution < -0.4 is 9.47 Å². The van der Waals surface area contributed by atoms with Crippen molar-refractivity contribution in [2.75, 3.05) is 6.61 Å². The lowest BCUT2D eigenvalue weighted by Crippen LogP contribution is -2.47. The van der Waals surface area contributed by atoms with Gasteiger partial charge in [-0.25, -0.2) is 4.79 Å². The largest absolute Gasteiger partial charge is 0.494 e. The molecule has 0 bridgehead atoms. The van der Waals surface area contributed by atoms with E-state index in [0.29, 0.717) is 23.5 Å². The maximum Gasteiger partial charge on any atom is 0.343 e. The second-order valence-electron chi connectivity index (χ2n) is 9.46. The quantitative estimate of drug-likeness (QED) is 0.155. The number of unbranched alkanes of at least 4 members (excludes halogenated alkanes) is 1. The van der Waals surface area contributed by atoms with Gasteiger partial charge in [0.05, 0.1) is 12.2 Å². The highest BCUT2D eigenvalue weighted by atomic mass is 28.4. The van der Waals surface area contributed by atoms with Crippen LogP contribution in [0.1, 0.15) is 54.6 Å². The number of benzene rings is 2. The second-order valence-corrected chi connectivity index (χ2v) is 18.4. The van der Waals surface area contributed by atoms with Crippen LogP contribution in [0.15, 0.2) is 48.5 Å². The molecule has 6 heteroatoms.